The number of carbonyl (C=O) groups excluding carboxylic acids is 1. The molecule has 22 heavy (non-hydrogen) atoms. The molecule has 1 saturated carbocycles. The fraction of sp³-hybridized carbons (Fsp3) is 0.529. The lowest BCUT2D eigenvalue weighted by Crippen LogP contribution is -2.62. The lowest BCUT2D eigenvalue weighted by atomic mass is 9.60. The van der Waals surface area contributed by atoms with Crippen LogP contribution in [0.4, 0.5) is 0 Å². The van der Waals surface area contributed by atoms with Gasteiger partial charge in [0.2, 0.25) is 5.91 Å². The zero-order valence-corrected chi connectivity index (χ0v) is 13.1. The molecule has 5 rings (SSSR count). The highest BCUT2D eigenvalue weighted by molar-refractivity contribution is 5.78. The number of imidazole rings is 1. The van der Waals surface area contributed by atoms with E-state index in [9.17, 15) is 4.79 Å². The fourth-order valence-electron chi connectivity index (χ4n) is 4.35. The lowest BCUT2D eigenvalue weighted by Gasteiger charge is -2.56. The fourth-order valence-corrected chi connectivity index (χ4v) is 4.35. The molecule has 2 atom stereocenters. The molecule has 3 fully saturated rings. The summed E-state index contributed by atoms with van der Waals surface area (Å²) >= 11 is 0. The maximum Gasteiger partial charge on any atom is 0.221 e. The van der Waals surface area contributed by atoms with Crippen LogP contribution >= 0.6 is 0 Å². The van der Waals surface area contributed by atoms with Gasteiger partial charge in [0.25, 0.3) is 0 Å². The minimum atomic E-state index is -0.159. The Hall–Kier alpha value is -1.88. The molecule has 5 heteroatoms. The Morgan fingerprint density at radius 3 is 2.73 bits per heavy atom. The standard InChI is InChI=1S/C17H22N4O/c1-17(2,16-19-8-13-5-3-4-6-21(13)16)20-9-11-7-12(10-20)14(11)15(18)22/h3-6,8,11-12,14H,7,9-10H2,1-2H3,(H2,18,22). The average molecular weight is 298 g/mol. The number of primary amides is 1. The number of carbonyl (C=O) groups is 1. The van der Waals surface area contributed by atoms with E-state index in [2.05, 4.69) is 40.4 Å². The molecule has 1 amide bonds. The smallest absolute Gasteiger partial charge is 0.221 e. The van der Waals surface area contributed by atoms with E-state index in [1.165, 1.54) is 0 Å². The number of hydrogen-bond acceptors (Lipinski definition) is 3. The Labute approximate surface area is 130 Å². The van der Waals surface area contributed by atoms with Crippen molar-refractivity contribution in [3.63, 3.8) is 0 Å². The highest BCUT2D eigenvalue weighted by Crippen LogP contribution is 2.48. The van der Waals surface area contributed by atoms with Crippen molar-refractivity contribution in [2.24, 2.45) is 23.5 Å². The topological polar surface area (TPSA) is 63.6 Å². The number of nitrogens with zero attached hydrogens (tertiary/aromatic N) is 3. The van der Waals surface area contributed by atoms with Crippen molar-refractivity contribution in [2.45, 2.75) is 25.8 Å². The number of hydrogen-bond donors (Lipinski definition) is 1. The Kier molecular flexibility index (Phi) is 2.85. The lowest BCUT2D eigenvalue weighted by molar-refractivity contribution is -0.143. The summed E-state index contributed by atoms with van der Waals surface area (Å²) in [4.78, 5) is 18.7. The second kappa shape index (κ2) is 4.56. The van der Waals surface area contributed by atoms with Crippen LogP contribution in [-0.2, 0) is 10.3 Å². The SMILES string of the molecule is CC(C)(c1ncc2ccccn12)N1CC2CC(C1)C2C(N)=O. The van der Waals surface area contributed by atoms with Crippen LogP contribution in [0.1, 0.15) is 26.1 Å². The van der Waals surface area contributed by atoms with Crippen LogP contribution in [-0.4, -0.2) is 33.3 Å². The van der Waals surface area contributed by atoms with E-state index in [1.807, 2.05) is 18.3 Å². The summed E-state index contributed by atoms with van der Waals surface area (Å²) < 4.78 is 2.16. The second-order valence-corrected chi connectivity index (χ2v) is 7.23. The number of aromatic nitrogens is 2. The normalized spacial score (nSPS) is 28.5. The van der Waals surface area contributed by atoms with Crippen LogP contribution in [0.25, 0.3) is 5.52 Å². The number of piperidine rings is 2. The van der Waals surface area contributed by atoms with E-state index >= 15 is 0 Å². The highest BCUT2D eigenvalue weighted by atomic mass is 16.1. The van der Waals surface area contributed by atoms with E-state index in [0.29, 0.717) is 11.8 Å². The molecule has 3 aliphatic rings. The number of nitrogens with two attached hydrogens (primary N) is 1. The molecule has 0 spiro atoms. The predicted molar refractivity (Wildman–Crippen MR) is 84.1 cm³/mol. The third-order valence-electron chi connectivity index (χ3n) is 5.64. The zero-order valence-electron chi connectivity index (χ0n) is 13.1. The summed E-state index contributed by atoms with van der Waals surface area (Å²) in [6.45, 7) is 6.30. The van der Waals surface area contributed by atoms with Crippen molar-refractivity contribution in [2.75, 3.05) is 13.1 Å². The van der Waals surface area contributed by atoms with Crippen molar-refractivity contribution in [3.8, 4) is 0 Å². The molecule has 2 bridgehead atoms. The van der Waals surface area contributed by atoms with Crippen LogP contribution in [0.3, 0.4) is 0 Å². The molecule has 2 aromatic rings. The first-order valence-corrected chi connectivity index (χ1v) is 7.95. The molecule has 116 valence electrons. The molecule has 2 saturated heterocycles. The van der Waals surface area contributed by atoms with Gasteiger partial charge in [-0.2, -0.15) is 0 Å². The minimum Gasteiger partial charge on any atom is -0.369 e. The van der Waals surface area contributed by atoms with E-state index in [-0.39, 0.29) is 17.4 Å². The van der Waals surface area contributed by atoms with Gasteiger partial charge in [0.05, 0.1) is 17.3 Å². The van der Waals surface area contributed by atoms with Crippen LogP contribution in [0.5, 0.6) is 0 Å². The Morgan fingerprint density at radius 2 is 2.05 bits per heavy atom. The van der Waals surface area contributed by atoms with Crippen molar-refractivity contribution in [3.05, 3.63) is 36.4 Å². The summed E-state index contributed by atoms with van der Waals surface area (Å²) in [6.07, 6.45) is 5.13. The van der Waals surface area contributed by atoms with Crippen LogP contribution in [0.2, 0.25) is 0 Å². The first-order chi connectivity index (χ1) is 10.5. The van der Waals surface area contributed by atoms with Crippen LogP contribution in [0.15, 0.2) is 30.6 Å². The molecule has 2 aliphatic heterocycles. The molecular weight excluding hydrogens is 276 g/mol. The Morgan fingerprint density at radius 1 is 1.32 bits per heavy atom. The summed E-state index contributed by atoms with van der Waals surface area (Å²) in [6, 6.07) is 6.13. The van der Waals surface area contributed by atoms with Crippen LogP contribution in [0, 0.1) is 17.8 Å². The molecule has 5 nitrogen and oxygen atoms in total. The summed E-state index contributed by atoms with van der Waals surface area (Å²) in [7, 11) is 0. The van der Waals surface area contributed by atoms with Gasteiger partial charge >= 0.3 is 0 Å². The second-order valence-electron chi connectivity index (χ2n) is 7.23. The highest BCUT2D eigenvalue weighted by Gasteiger charge is 2.52. The van der Waals surface area contributed by atoms with Crippen molar-refractivity contribution >= 4 is 11.4 Å². The number of amides is 1. The van der Waals surface area contributed by atoms with Crippen molar-refractivity contribution < 1.29 is 4.79 Å². The third-order valence-corrected chi connectivity index (χ3v) is 5.64. The predicted octanol–water partition coefficient (Wildman–Crippen LogP) is 1.62. The van der Waals surface area contributed by atoms with E-state index in [0.717, 1.165) is 30.9 Å². The van der Waals surface area contributed by atoms with E-state index in [1.54, 1.807) is 0 Å². The third kappa shape index (κ3) is 1.81. The summed E-state index contributed by atoms with van der Waals surface area (Å²) in [5.41, 5.74) is 6.49. The maximum absolute atomic E-state index is 11.5. The summed E-state index contributed by atoms with van der Waals surface area (Å²) in [5.74, 6) is 1.86. The molecular formula is C17H22N4O. The van der Waals surface area contributed by atoms with Gasteiger partial charge in [-0.25, -0.2) is 4.98 Å². The number of rotatable bonds is 3. The van der Waals surface area contributed by atoms with Gasteiger partial charge < -0.3 is 10.1 Å². The maximum atomic E-state index is 11.5. The minimum absolute atomic E-state index is 0.0871. The number of pyridine rings is 1. The molecule has 2 N–H and O–H groups in total. The van der Waals surface area contributed by atoms with E-state index in [4.69, 9.17) is 5.73 Å². The van der Waals surface area contributed by atoms with E-state index < -0.39 is 0 Å². The first kappa shape index (κ1) is 13.8. The average Bonchev–Trinajstić information content (AvgIpc) is 2.91. The van der Waals surface area contributed by atoms with Gasteiger partial charge in [-0.05, 0) is 44.2 Å². The zero-order chi connectivity index (χ0) is 15.5. The molecule has 4 heterocycles. The Bertz CT molecular complexity index is 723. The van der Waals surface area contributed by atoms with Crippen molar-refractivity contribution in [1.29, 1.82) is 0 Å². The molecule has 0 radical (unpaired) electrons. The van der Waals surface area contributed by atoms with Gasteiger partial charge in [-0.3, -0.25) is 9.69 Å². The number of fused-ring (bicyclic) bond motifs is 3. The molecule has 0 aromatic carbocycles. The molecule has 1 aliphatic carbocycles. The quantitative estimate of drug-likeness (QED) is 0.936. The van der Waals surface area contributed by atoms with Crippen molar-refractivity contribution in [1.82, 2.24) is 14.3 Å². The largest absolute Gasteiger partial charge is 0.369 e. The van der Waals surface area contributed by atoms with Gasteiger partial charge in [-0.15, -0.1) is 0 Å². The Balaban J connectivity index is 1.64. The summed E-state index contributed by atoms with van der Waals surface area (Å²) in [5, 5.41) is 0. The molecule has 2 unspecified atom stereocenters. The van der Waals surface area contributed by atoms with Gasteiger partial charge in [-0.1, -0.05) is 6.07 Å². The van der Waals surface area contributed by atoms with Gasteiger partial charge in [0.15, 0.2) is 0 Å². The van der Waals surface area contributed by atoms with Gasteiger partial charge in [0, 0.05) is 25.2 Å². The molecule has 2 aromatic heterocycles. The monoisotopic (exact) mass is 298 g/mol. The first-order valence-electron chi connectivity index (χ1n) is 7.95. The van der Waals surface area contributed by atoms with Gasteiger partial charge in [0.1, 0.15) is 5.82 Å². The van der Waals surface area contributed by atoms with Crippen LogP contribution < -0.4 is 5.73 Å².